The molecule has 1 aliphatic rings. The van der Waals surface area contributed by atoms with Crippen molar-refractivity contribution in [2.45, 2.75) is 19.3 Å². The van der Waals surface area contributed by atoms with Gasteiger partial charge in [-0.2, -0.15) is 5.26 Å². The molecule has 0 unspecified atom stereocenters. The van der Waals surface area contributed by atoms with Crippen LogP contribution in [0.2, 0.25) is 0 Å². The lowest BCUT2D eigenvalue weighted by molar-refractivity contribution is 0.417. The Bertz CT molecular complexity index is 629. The van der Waals surface area contributed by atoms with Crippen molar-refractivity contribution in [2.24, 2.45) is 5.41 Å². The Morgan fingerprint density at radius 3 is 2.32 bits per heavy atom. The van der Waals surface area contributed by atoms with E-state index in [2.05, 4.69) is 18.2 Å². The zero-order valence-electron chi connectivity index (χ0n) is 10.6. The summed E-state index contributed by atoms with van der Waals surface area (Å²) in [6, 6.07) is 17.2. The fourth-order valence-electron chi connectivity index (χ4n) is 2.98. The molecule has 0 amide bonds. The lowest BCUT2D eigenvalue weighted by Gasteiger charge is -2.20. The van der Waals surface area contributed by atoms with E-state index in [1.54, 1.807) is 6.07 Å². The zero-order chi connectivity index (χ0) is 13.3. The van der Waals surface area contributed by atoms with Crippen LogP contribution in [0.5, 0.6) is 0 Å². The molecule has 0 spiro atoms. The molecule has 0 heterocycles. The van der Waals surface area contributed by atoms with E-state index in [0.29, 0.717) is 6.42 Å². The van der Waals surface area contributed by atoms with Crippen molar-refractivity contribution in [3.8, 4) is 6.07 Å². The van der Waals surface area contributed by atoms with Crippen LogP contribution in [0.25, 0.3) is 0 Å². The fraction of sp³-hybridized carbons (Fsp3) is 0.235. The molecule has 3 rings (SSSR count). The van der Waals surface area contributed by atoms with Crippen LogP contribution in [-0.4, -0.2) is 0 Å². The van der Waals surface area contributed by atoms with Crippen molar-refractivity contribution < 1.29 is 4.39 Å². The van der Waals surface area contributed by atoms with Crippen LogP contribution >= 0.6 is 0 Å². The van der Waals surface area contributed by atoms with Gasteiger partial charge in [0.1, 0.15) is 5.82 Å². The van der Waals surface area contributed by atoms with E-state index in [4.69, 9.17) is 0 Å². The van der Waals surface area contributed by atoms with E-state index in [9.17, 15) is 9.65 Å². The van der Waals surface area contributed by atoms with Gasteiger partial charge < -0.3 is 0 Å². The molecular formula is C17H14FN. The summed E-state index contributed by atoms with van der Waals surface area (Å²) in [5.41, 5.74) is 2.98. The highest BCUT2D eigenvalue weighted by molar-refractivity contribution is 5.38. The van der Waals surface area contributed by atoms with Crippen LogP contribution < -0.4 is 0 Å². The predicted molar refractivity (Wildman–Crippen MR) is 72.0 cm³/mol. The molecule has 1 aliphatic carbocycles. The Kier molecular flexibility index (Phi) is 2.83. The Hall–Kier alpha value is -2.14. The number of hydrogen-bond acceptors (Lipinski definition) is 1. The van der Waals surface area contributed by atoms with Crippen molar-refractivity contribution in [1.82, 2.24) is 0 Å². The summed E-state index contributed by atoms with van der Waals surface area (Å²) in [7, 11) is 0. The first kappa shape index (κ1) is 11.9. The van der Waals surface area contributed by atoms with Gasteiger partial charge >= 0.3 is 0 Å². The van der Waals surface area contributed by atoms with Crippen LogP contribution in [0.15, 0.2) is 48.5 Å². The largest absolute Gasteiger partial charge is 0.207 e. The Morgan fingerprint density at radius 2 is 1.74 bits per heavy atom. The molecular weight excluding hydrogens is 237 g/mol. The molecule has 0 aliphatic heterocycles. The molecule has 0 N–H and O–H groups in total. The summed E-state index contributed by atoms with van der Waals surface area (Å²) in [6.07, 6.45) is 2.13. The first-order valence-electron chi connectivity index (χ1n) is 6.43. The van der Waals surface area contributed by atoms with E-state index in [-0.39, 0.29) is 5.82 Å². The molecule has 2 aromatic carbocycles. The normalized spacial score (nSPS) is 15.8. The summed E-state index contributed by atoms with van der Waals surface area (Å²) in [5.74, 6) is -0.235. The number of benzene rings is 2. The van der Waals surface area contributed by atoms with Gasteiger partial charge in [-0.15, -0.1) is 0 Å². The number of nitrogens with zero attached hydrogens (tertiary/aromatic N) is 1. The summed E-state index contributed by atoms with van der Waals surface area (Å²) in [5, 5.41) is 9.58. The summed E-state index contributed by atoms with van der Waals surface area (Å²) < 4.78 is 13.2. The van der Waals surface area contributed by atoms with Gasteiger partial charge in [-0.25, -0.2) is 4.39 Å². The number of fused-ring (bicyclic) bond motifs is 1. The topological polar surface area (TPSA) is 23.8 Å². The monoisotopic (exact) mass is 251 g/mol. The van der Waals surface area contributed by atoms with Crippen LogP contribution in [0.4, 0.5) is 4.39 Å². The molecule has 2 aromatic rings. The van der Waals surface area contributed by atoms with Gasteiger partial charge in [0.15, 0.2) is 0 Å². The van der Waals surface area contributed by atoms with Gasteiger partial charge in [0.2, 0.25) is 0 Å². The minimum absolute atomic E-state index is 0.235. The predicted octanol–water partition coefficient (Wildman–Crippen LogP) is 3.68. The van der Waals surface area contributed by atoms with Gasteiger partial charge in [-0.3, -0.25) is 0 Å². The Labute approximate surface area is 112 Å². The van der Waals surface area contributed by atoms with Crippen LogP contribution in [0, 0.1) is 22.6 Å². The molecule has 0 saturated heterocycles. The zero-order valence-corrected chi connectivity index (χ0v) is 10.6. The number of rotatable bonds is 2. The molecule has 2 heteroatoms. The molecule has 0 bridgehead atoms. The first-order chi connectivity index (χ1) is 9.21. The molecule has 19 heavy (non-hydrogen) atoms. The maximum Gasteiger partial charge on any atom is 0.123 e. The van der Waals surface area contributed by atoms with Gasteiger partial charge in [0.05, 0.1) is 11.5 Å². The van der Waals surface area contributed by atoms with E-state index < -0.39 is 5.41 Å². The molecule has 0 radical (unpaired) electrons. The molecule has 0 saturated carbocycles. The highest BCUT2D eigenvalue weighted by Crippen LogP contribution is 2.39. The molecule has 0 atom stereocenters. The third-order valence-corrected chi connectivity index (χ3v) is 3.84. The summed E-state index contributed by atoms with van der Waals surface area (Å²) in [4.78, 5) is 0. The van der Waals surface area contributed by atoms with Crippen molar-refractivity contribution in [3.05, 3.63) is 71.0 Å². The molecule has 0 aromatic heterocycles. The van der Waals surface area contributed by atoms with E-state index in [1.165, 1.54) is 23.3 Å². The maximum atomic E-state index is 13.2. The first-order valence-corrected chi connectivity index (χ1v) is 6.43. The fourth-order valence-corrected chi connectivity index (χ4v) is 2.98. The van der Waals surface area contributed by atoms with Crippen LogP contribution in [0.1, 0.15) is 16.7 Å². The third kappa shape index (κ3) is 2.24. The smallest absolute Gasteiger partial charge is 0.123 e. The van der Waals surface area contributed by atoms with Gasteiger partial charge in [-0.1, -0.05) is 36.4 Å². The number of halogens is 1. The van der Waals surface area contributed by atoms with E-state index in [0.717, 1.165) is 18.4 Å². The second-order valence-corrected chi connectivity index (χ2v) is 5.32. The van der Waals surface area contributed by atoms with Gasteiger partial charge in [0.25, 0.3) is 0 Å². The number of hydrogen-bond donors (Lipinski definition) is 0. The standard InChI is InChI=1S/C17H14FN/c18-16-7-3-4-13(8-16)9-17(12-19)10-14-5-1-2-6-15(14)11-17/h1-8H,9-11H2. The second kappa shape index (κ2) is 4.51. The highest BCUT2D eigenvalue weighted by Gasteiger charge is 2.37. The average molecular weight is 251 g/mol. The van der Waals surface area contributed by atoms with Gasteiger partial charge in [0, 0.05) is 0 Å². The van der Waals surface area contributed by atoms with Crippen molar-refractivity contribution >= 4 is 0 Å². The average Bonchev–Trinajstić information content (AvgIpc) is 2.77. The number of nitriles is 1. The van der Waals surface area contributed by atoms with Crippen molar-refractivity contribution in [1.29, 1.82) is 5.26 Å². The summed E-state index contributed by atoms with van der Waals surface area (Å²) in [6.45, 7) is 0. The van der Waals surface area contributed by atoms with Crippen LogP contribution in [0.3, 0.4) is 0 Å². The quantitative estimate of drug-likeness (QED) is 0.798. The van der Waals surface area contributed by atoms with Crippen LogP contribution in [-0.2, 0) is 19.3 Å². The lowest BCUT2D eigenvalue weighted by Crippen LogP contribution is -2.22. The van der Waals surface area contributed by atoms with Gasteiger partial charge in [-0.05, 0) is 48.1 Å². The summed E-state index contributed by atoms with van der Waals surface area (Å²) >= 11 is 0. The highest BCUT2D eigenvalue weighted by atomic mass is 19.1. The minimum Gasteiger partial charge on any atom is -0.207 e. The molecule has 94 valence electrons. The Morgan fingerprint density at radius 1 is 1.05 bits per heavy atom. The van der Waals surface area contributed by atoms with E-state index >= 15 is 0 Å². The second-order valence-electron chi connectivity index (χ2n) is 5.32. The maximum absolute atomic E-state index is 13.2. The Balaban J connectivity index is 1.90. The molecule has 0 fully saturated rings. The third-order valence-electron chi connectivity index (χ3n) is 3.84. The SMILES string of the molecule is N#CC1(Cc2cccc(F)c2)Cc2ccccc2C1. The molecule has 1 nitrogen and oxygen atoms in total. The minimum atomic E-state index is -0.419. The van der Waals surface area contributed by atoms with E-state index in [1.807, 2.05) is 18.2 Å². The lowest BCUT2D eigenvalue weighted by atomic mass is 9.80. The van der Waals surface area contributed by atoms with Crippen molar-refractivity contribution in [2.75, 3.05) is 0 Å². The van der Waals surface area contributed by atoms with Crippen molar-refractivity contribution in [3.63, 3.8) is 0 Å².